The van der Waals surface area contributed by atoms with Gasteiger partial charge in [-0.1, -0.05) is 61.3 Å². The van der Waals surface area contributed by atoms with Crippen molar-refractivity contribution in [1.29, 1.82) is 0 Å². The first-order valence-corrected chi connectivity index (χ1v) is 13.3. The first-order valence-electron chi connectivity index (χ1n) is 12.0. The third-order valence-corrected chi connectivity index (χ3v) is 7.55. The second kappa shape index (κ2) is 11.9. The molecule has 0 aliphatic carbocycles. The lowest BCUT2D eigenvalue weighted by Gasteiger charge is -2.20. The van der Waals surface area contributed by atoms with Crippen molar-refractivity contribution in [2.24, 2.45) is 0 Å². The second-order valence-electron chi connectivity index (χ2n) is 8.62. The van der Waals surface area contributed by atoms with E-state index in [4.69, 9.17) is 16.6 Å². The summed E-state index contributed by atoms with van der Waals surface area (Å²) >= 11 is 7.60. The molecule has 1 aliphatic rings. The Bertz CT molecular complexity index is 1190. The Morgan fingerprint density at radius 2 is 1.97 bits per heavy atom. The van der Waals surface area contributed by atoms with Crippen molar-refractivity contribution < 1.29 is 4.79 Å². The monoisotopic (exact) mass is 498 g/mol. The van der Waals surface area contributed by atoms with Gasteiger partial charge in [-0.3, -0.25) is 14.2 Å². The molecule has 1 unspecified atom stereocenters. The molecule has 0 spiro atoms. The average Bonchev–Trinajstić information content (AvgIpc) is 3.35. The van der Waals surface area contributed by atoms with Gasteiger partial charge in [0.25, 0.3) is 5.56 Å². The van der Waals surface area contributed by atoms with Crippen LogP contribution in [0.3, 0.4) is 0 Å². The largest absolute Gasteiger partial charge is 0.354 e. The molecule has 8 heteroatoms. The van der Waals surface area contributed by atoms with Gasteiger partial charge in [0.2, 0.25) is 5.91 Å². The van der Waals surface area contributed by atoms with E-state index in [1.807, 2.05) is 30.3 Å². The van der Waals surface area contributed by atoms with Gasteiger partial charge in [0.15, 0.2) is 5.16 Å². The molecule has 0 saturated carbocycles. The number of unbranched alkanes of at least 4 members (excludes halogenated alkanes) is 1. The van der Waals surface area contributed by atoms with Crippen molar-refractivity contribution in [2.75, 3.05) is 26.2 Å². The van der Waals surface area contributed by atoms with E-state index < -0.39 is 0 Å². The number of fused-ring (bicyclic) bond motifs is 1. The van der Waals surface area contributed by atoms with Crippen molar-refractivity contribution in [1.82, 2.24) is 19.8 Å². The number of thioether (sulfide) groups is 1. The molecule has 1 aliphatic heterocycles. The van der Waals surface area contributed by atoms with Crippen LogP contribution in [-0.2, 0) is 4.79 Å². The minimum absolute atomic E-state index is 0.00213. The molecular formula is C26H31ClN4O2S. The Kier molecular flexibility index (Phi) is 8.64. The van der Waals surface area contributed by atoms with Crippen LogP contribution in [0, 0.1) is 0 Å². The number of likely N-dealkylation sites (tertiary alicyclic amines) is 1. The highest BCUT2D eigenvalue weighted by Crippen LogP contribution is 2.29. The fourth-order valence-corrected chi connectivity index (χ4v) is 5.61. The van der Waals surface area contributed by atoms with Crippen LogP contribution in [0.4, 0.5) is 0 Å². The van der Waals surface area contributed by atoms with E-state index in [0.717, 1.165) is 38.9 Å². The molecule has 4 rings (SSSR count). The van der Waals surface area contributed by atoms with E-state index in [0.29, 0.717) is 33.3 Å². The number of para-hydroxylation sites is 1. The molecule has 1 fully saturated rings. The topological polar surface area (TPSA) is 67.2 Å². The molecule has 6 nitrogen and oxygen atoms in total. The molecule has 1 N–H and O–H groups in total. The van der Waals surface area contributed by atoms with Crippen LogP contribution < -0.4 is 10.9 Å². The van der Waals surface area contributed by atoms with E-state index >= 15 is 0 Å². The van der Waals surface area contributed by atoms with Gasteiger partial charge in [0.05, 0.1) is 21.8 Å². The molecule has 1 saturated heterocycles. The van der Waals surface area contributed by atoms with Crippen molar-refractivity contribution in [3.63, 3.8) is 0 Å². The average molecular weight is 499 g/mol. The molecule has 1 amide bonds. The van der Waals surface area contributed by atoms with Gasteiger partial charge >= 0.3 is 0 Å². The highest BCUT2D eigenvalue weighted by atomic mass is 35.5. The minimum Gasteiger partial charge on any atom is -0.354 e. The van der Waals surface area contributed by atoms with Gasteiger partial charge in [-0.25, -0.2) is 4.98 Å². The van der Waals surface area contributed by atoms with Crippen LogP contribution in [0.25, 0.3) is 16.6 Å². The van der Waals surface area contributed by atoms with Gasteiger partial charge in [-0.05, 0) is 62.7 Å². The van der Waals surface area contributed by atoms with Crippen LogP contribution in [-0.4, -0.2) is 51.8 Å². The summed E-state index contributed by atoms with van der Waals surface area (Å²) < 4.78 is 1.58. The lowest BCUT2D eigenvalue weighted by molar-refractivity contribution is -0.120. The highest BCUT2D eigenvalue weighted by molar-refractivity contribution is 8.00. The summed E-state index contributed by atoms with van der Waals surface area (Å²) in [4.78, 5) is 33.9. The number of carbonyl (C=O) groups is 1. The van der Waals surface area contributed by atoms with Gasteiger partial charge < -0.3 is 10.2 Å². The van der Waals surface area contributed by atoms with E-state index in [-0.39, 0.29) is 16.7 Å². The van der Waals surface area contributed by atoms with Crippen molar-refractivity contribution >= 4 is 40.2 Å². The number of hydrogen-bond acceptors (Lipinski definition) is 5. The summed E-state index contributed by atoms with van der Waals surface area (Å²) in [6.07, 6.45) is 5.10. The molecule has 1 atom stereocenters. The van der Waals surface area contributed by atoms with Crippen molar-refractivity contribution in [2.45, 2.75) is 49.4 Å². The van der Waals surface area contributed by atoms with E-state index in [2.05, 4.69) is 17.1 Å². The standard InChI is InChI=1S/C26H31ClN4O2S/c1-2-3-13-23(24(32)28-14-17-30-15-6-7-16-30)34-26-29-22-12-5-4-11-21(22)25(33)31(26)20-10-8-9-19(27)18-20/h4-5,8-12,18,23H,2-3,6-7,13-17H2,1H3,(H,28,32). The Balaban J connectivity index is 1.64. The number of nitrogens with one attached hydrogen (secondary N) is 1. The van der Waals surface area contributed by atoms with Crippen LogP contribution in [0.2, 0.25) is 5.02 Å². The zero-order chi connectivity index (χ0) is 23.9. The van der Waals surface area contributed by atoms with Crippen molar-refractivity contribution in [3.8, 4) is 5.69 Å². The van der Waals surface area contributed by atoms with Crippen molar-refractivity contribution in [3.05, 3.63) is 63.9 Å². The summed E-state index contributed by atoms with van der Waals surface area (Å²) in [6.45, 7) is 5.84. The SMILES string of the molecule is CCCCC(Sc1nc2ccccc2c(=O)n1-c1cccc(Cl)c1)C(=O)NCCN1CCCC1. The van der Waals surface area contributed by atoms with E-state index in [1.54, 1.807) is 22.8 Å². The summed E-state index contributed by atoms with van der Waals surface area (Å²) in [5.41, 5.74) is 1.10. The summed E-state index contributed by atoms with van der Waals surface area (Å²) in [5.74, 6) is -0.00213. The van der Waals surface area contributed by atoms with Gasteiger partial charge in [-0.2, -0.15) is 0 Å². The predicted octanol–water partition coefficient (Wildman–Crippen LogP) is 4.90. The molecule has 0 radical (unpaired) electrons. The maximum absolute atomic E-state index is 13.5. The Morgan fingerprint density at radius 1 is 1.18 bits per heavy atom. The highest BCUT2D eigenvalue weighted by Gasteiger charge is 2.24. The minimum atomic E-state index is -0.336. The second-order valence-corrected chi connectivity index (χ2v) is 10.2. The number of carbonyl (C=O) groups excluding carboxylic acids is 1. The summed E-state index contributed by atoms with van der Waals surface area (Å²) in [7, 11) is 0. The molecule has 2 aromatic carbocycles. The number of hydrogen-bond donors (Lipinski definition) is 1. The molecule has 2 heterocycles. The molecule has 180 valence electrons. The quantitative estimate of drug-likeness (QED) is 0.318. The zero-order valence-corrected chi connectivity index (χ0v) is 21.1. The summed E-state index contributed by atoms with van der Waals surface area (Å²) in [6, 6.07) is 14.5. The number of aromatic nitrogens is 2. The number of rotatable bonds is 10. The smallest absolute Gasteiger partial charge is 0.266 e. The lowest BCUT2D eigenvalue weighted by atomic mass is 10.2. The summed E-state index contributed by atoms with van der Waals surface area (Å²) in [5, 5.41) is 4.36. The maximum Gasteiger partial charge on any atom is 0.266 e. The lowest BCUT2D eigenvalue weighted by Crippen LogP contribution is -2.38. The van der Waals surface area contributed by atoms with Gasteiger partial charge in [0.1, 0.15) is 0 Å². The van der Waals surface area contributed by atoms with E-state index in [1.165, 1.54) is 24.6 Å². The third-order valence-electron chi connectivity index (χ3n) is 6.10. The number of amides is 1. The first kappa shape index (κ1) is 24.8. The third kappa shape index (κ3) is 6.01. The van der Waals surface area contributed by atoms with Gasteiger partial charge in [-0.15, -0.1) is 0 Å². The van der Waals surface area contributed by atoms with Crippen LogP contribution in [0.1, 0.15) is 39.0 Å². The number of nitrogens with zero attached hydrogens (tertiary/aromatic N) is 3. The fourth-order valence-electron chi connectivity index (χ4n) is 4.25. The Labute approximate surface area is 209 Å². The normalized spacial score (nSPS) is 15.0. The Hall–Kier alpha value is -2.35. The molecule has 1 aromatic heterocycles. The predicted molar refractivity (Wildman–Crippen MR) is 140 cm³/mol. The first-order chi connectivity index (χ1) is 16.6. The van der Waals surface area contributed by atoms with Crippen LogP contribution in [0.15, 0.2) is 58.5 Å². The zero-order valence-electron chi connectivity index (χ0n) is 19.5. The molecule has 3 aromatic rings. The molecule has 0 bridgehead atoms. The molecular weight excluding hydrogens is 468 g/mol. The fraction of sp³-hybridized carbons (Fsp3) is 0.423. The van der Waals surface area contributed by atoms with Crippen LogP contribution in [0.5, 0.6) is 0 Å². The van der Waals surface area contributed by atoms with E-state index in [9.17, 15) is 9.59 Å². The number of halogens is 1. The van der Waals surface area contributed by atoms with Gasteiger partial charge in [0, 0.05) is 18.1 Å². The molecule has 34 heavy (non-hydrogen) atoms. The van der Waals surface area contributed by atoms with Crippen LogP contribution >= 0.6 is 23.4 Å². The number of benzene rings is 2. The maximum atomic E-state index is 13.5. The Morgan fingerprint density at radius 3 is 2.74 bits per heavy atom.